The van der Waals surface area contributed by atoms with Gasteiger partial charge in [-0.2, -0.15) is 0 Å². The first-order valence-corrected chi connectivity index (χ1v) is 11.5. The highest BCUT2D eigenvalue weighted by molar-refractivity contribution is 5.80. The Bertz CT molecular complexity index is 893. The van der Waals surface area contributed by atoms with Crippen molar-refractivity contribution in [1.29, 1.82) is 0 Å². The molecule has 2 unspecified atom stereocenters. The predicted molar refractivity (Wildman–Crippen MR) is 123 cm³/mol. The van der Waals surface area contributed by atoms with Gasteiger partial charge >= 0.3 is 0 Å². The molecule has 2 saturated heterocycles. The number of piperidine rings is 1. The van der Waals surface area contributed by atoms with E-state index in [0.29, 0.717) is 31.5 Å². The number of guanidine groups is 1. The molecule has 7 nitrogen and oxygen atoms in total. The van der Waals surface area contributed by atoms with Crippen LogP contribution in [0.4, 0.5) is 0 Å². The molecule has 0 saturated carbocycles. The van der Waals surface area contributed by atoms with Gasteiger partial charge in [-0.05, 0) is 36.8 Å². The topological polar surface area (TPSA) is 65.8 Å². The molecule has 166 valence electrons. The summed E-state index contributed by atoms with van der Waals surface area (Å²) in [6.07, 6.45) is 8.63. The highest BCUT2D eigenvalue weighted by Gasteiger charge is 2.29. The van der Waals surface area contributed by atoms with Crippen molar-refractivity contribution in [3.8, 4) is 0 Å². The van der Waals surface area contributed by atoms with E-state index in [1.165, 1.54) is 11.1 Å². The zero-order valence-electron chi connectivity index (χ0n) is 18.7. The van der Waals surface area contributed by atoms with E-state index < -0.39 is 0 Å². The third kappa shape index (κ3) is 5.27. The molecule has 0 bridgehead atoms. The number of nitrogens with one attached hydrogen (secondary N) is 1. The van der Waals surface area contributed by atoms with Crippen LogP contribution in [0.2, 0.25) is 0 Å². The minimum Gasteiger partial charge on any atom is -0.357 e. The molecular formula is C24H34N6O. The zero-order valence-corrected chi connectivity index (χ0v) is 18.7. The summed E-state index contributed by atoms with van der Waals surface area (Å²) in [4.78, 5) is 25.5. The number of amides is 1. The normalized spacial score (nSPS) is 22.3. The Labute approximate surface area is 185 Å². The summed E-state index contributed by atoms with van der Waals surface area (Å²) in [6, 6.07) is 8.89. The SMILES string of the molecule is CCNC(=NCc1cccc(CN2CCCC2=O)c1)N1CCC(C)C(n2ccnc2)C1. The monoisotopic (exact) mass is 422 g/mol. The van der Waals surface area contributed by atoms with Gasteiger partial charge in [-0.25, -0.2) is 9.98 Å². The van der Waals surface area contributed by atoms with Gasteiger partial charge in [-0.15, -0.1) is 0 Å². The van der Waals surface area contributed by atoms with Crippen LogP contribution in [0.3, 0.4) is 0 Å². The number of imidazole rings is 1. The maximum absolute atomic E-state index is 11.9. The van der Waals surface area contributed by atoms with Crippen molar-refractivity contribution in [3.63, 3.8) is 0 Å². The van der Waals surface area contributed by atoms with Crippen LogP contribution in [0.15, 0.2) is 48.0 Å². The lowest BCUT2D eigenvalue weighted by atomic mass is 9.93. The van der Waals surface area contributed by atoms with Gasteiger partial charge in [-0.1, -0.05) is 31.2 Å². The second-order valence-electron chi connectivity index (χ2n) is 8.70. The van der Waals surface area contributed by atoms with Gasteiger partial charge in [0.1, 0.15) is 0 Å². The van der Waals surface area contributed by atoms with Gasteiger partial charge in [-0.3, -0.25) is 4.79 Å². The van der Waals surface area contributed by atoms with E-state index in [1.807, 2.05) is 17.4 Å². The average Bonchev–Trinajstić information content (AvgIpc) is 3.44. The number of likely N-dealkylation sites (tertiary alicyclic amines) is 2. The van der Waals surface area contributed by atoms with Crippen LogP contribution in [0.25, 0.3) is 0 Å². The lowest BCUT2D eigenvalue weighted by Gasteiger charge is -2.39. The summed E-state index contributed by atoms with van der Waals surface area (Å²) in [7, 11) is 0. The van der Waals surface area contributed by atoms with Gasteiger partial charge < -0.3 is 19.7 Å². The summed E-state index contributed by atoms with van der Waals surface area (Å²) in [6.45, 7) is 9.43. The molecule has 2 aromatic rings. The maximum atomic E-state index is 11.9. The fraction of sp³-hybridized carbons (Fsp3) is 0.542. The second-order valence-corrected chi connectivity index (χ2v) is 8.70. The number of rotatable bonds is 6. The summed E-state index contributed by atoms with van der Waals surface area (Å²) in [5.41, 5.74) is 2.36. The van der Waals surface area contributed by atoms with Crippen LogP contribution in [-0.4, -0.2) is 57.4 Å². The highest BCUT2D eigenvalue weighted by Crippen LogP contribution is 2.27. The summed E-state index contributed by atoms with van der Waals surface area (Å²) >= 11 is 0. The van der Waals surface area contributed by atoms with Crippen molar-refractivity contribution in [1.82, 2.24) is 24.7 Å². The van der Waals surface area contributed by atoms with Crippen LogP contribution < -0.4 is 5.32 Å². The summed E-state index contributed by atoms with van der Waals surface area (Å²) < 4.78 is 2.23. The van der Waals surface area contributed by atoms with Crippen LogP contribution in [0, 0.1) is 5.92 Å². The second kappa shape index (κ2) is 9.98. The quantitative estimate of drug-likeness (QED) is 0.574. The molecule has 1 N–H and O–H groups in total. The third-order valence-electron chi connectivity index (χ3n) is 6.41. The number of nitrogens with zero attached hydrogens (tertiary/aromatic N) is 5. The van der Waals surface area contributed by atoms with E-state index in [2.05, 4.69) is 64.1 Å². The van der Waals surface area contributed by atoms with Gasteiger partial charge in [0.25, 0.3) is 0 Å². The number of aromatic nitrogens is 2. The Morgan fingerprint density at radius 1 is 1.29 bits per heavy atom. The van der Waals surface area contributed by atoms with E-state index in [1.54, 1.807) is 0 Å². The van der Waals surface area contributed by atoms with E-state index in [4.69, 9.17) is 4.99 Å². The van der Waals surface area contributed by atoms with Crippen molar-refractivity contribution in [2.75, 3.05) is 26.2 Å². The number of carbonyl (C=O) groups excluding carboxylic acids is 1. The first-order chi connectivity index (χ1) is 15.1. The van der Waals surface area contributed by atoms with E-state index >= 15 is 0 Å². The van der Waals surface area contributed by atoms with Crippen molar-refractivity contribution >= 4 is 11.9 Å². The number of hydrogen-bond acceptors (Lipinski definition) is 3. The van der Waals surface area contributed by atoms with E-state index in [-0.39, 0.29) is 5.91 Å². The van der Waals surface area contributed by atoms with Gasteiger partial charge in [0.2, 0.25) is 5.91 Å². The number of carbonyl (C=O) groups is 1. The standard InChI is InChI=1S/C24H34N6O/c1-3-26-24(29-12-9-19(2)22(17-29)30-13-10-25-18-30)27-15-20-6-4-7-21(14-20)16-28-11-5-8-23(28)31/h4,6-7,10,13-14,18-19,22H,3,5,8-9,11-12,15-17H2,1-2H3,(H,26,27). The molecule has 1 aromatic heterocycles. The smallest absolute Gasteiger partial charge is 0.222 e. The van der Waals surface area contributed by atoms with Crippen LogP contribution >= 0.6 is 0 Å². The number of benzene rings is 1. The van der Waals surface area contributed by atoms with Gasteiger partial charge in [0, 0.05) is 51.5 Å². The molecule has 4 rings (SSSR count). The van der Waals surface area contributed by atoms with E-state index in [9.17, 15) is 4.79 Å². The highest BCUT2D eigenvalue weighted by atomic mass is 16.2. The summed E-state index contributed by atoms with van der Waals surface area (Å²) in [5, 5.41) is 3.48. The zero-order chi connectivity index (χ0) is 21.6. The maximum Gasteiger partial charge on any atom is 0.222 e. The van der Waals surface area contributed by atoms with Gasteiger partial charge in [0.05, 0.1) is 18.9 Å². The Morgan fingerprint density at radius 2 is 2.16 bits per heavy atom. The van der Waals surface area contributed by atoms with Crippen LogP contribution in [0.1, 0.15) is 50.3 Å². The predicted octanol–water partition coefficient (Wildman–Crippen LogP) is 3.05. The Morgan fingerprint density at radius 3 is 2.90 bits per heavy atom. The molecule has 2 fully saturated rings. The molecule has 0 spiro atoms. The molecule has 1 aromatic carbocycles. The number of hydrogen-bond donors (Lipinski definition) is 1. The molecule has 3 heterocycles. The first kappa shape index (κ1) is 21.4. The average molecular weight is 423 g/mol. The molecule has 7 heteroatoms. The lowest BCUT2D eigenvalue weighted by molar-refractivity contribution is -0.128. The lowest BCUT2D eigenvalue weighted by Crippen LogP contribution is -2.49. The van der Waals surface area contributed by atoms with Gasteiger partial charge in [0.15, 0.2) is 5.96 Å². The summed E-state index contributed by atoms with van der Waals surface area (Å²) in [5.74, 6) is 1.85. The van der Waals surface area contributed by atoms with Crippen molar-refractivity contribution in [3.05, 3.63) is 54.1 Å². The Hall–Kier alpha value is -2.83. The molecular weight excluding hydrogens is 388 g/mol. The van der Waals surface area contributed by atoms with Crippen LogP contribution in [0.5, 0.6) is 0 Å². The van der Waals surface area contributed by atoms with Crippen molar-refractivity contribution in [2.24, 2.45) is 10.9 Å². The molecule has 2 atom stereocenters. The van der Waals surface area contributed by atoms with Crippen LogP contribution in [-0.2, 0) is 17.9 Å². The van der Waals surface area contributed by atoms with E-state index in [0.717, 1.165) is 45.0 Å². The molecule has 1 amide bonds. The first-order valence-electron chi connectivity index (χ1n) is 11.5. The third-order valence-corrected chi connectivity index (χ3v) is 6.41. The minimum absolute atomic E-state index is 0.268. The molecule has 2 aliphatic rings. The molecule has 2 aliphatic heterocycles. The fourth-order valence-corrected chi connectivity index (χ4v) is 4.60. The van der Waals surface area contributed by atoms with Crippen molar-refractivity contribution < 1.29 is 4.79 Å². The Kier molecular flexibility index (Phi) is 6.89. The molecule has 0 radical (unpaired) electrons. The largest absolute Gasteiger partial charge is 0.357 e. The fourth-order valence-electron chi connectivity index (χ4n) is 4.60. The number of aliphatic imine (C=N–C) groups is 1. The van der Waals surface area contributed by atoms with Crippen molar-refractivity contribution in [2.45, 2.75) is 52.2 Å². The molecule has 0 aliphatic carbocycles. The minimum atomic E-state index is 0.268. The molecule has 31 heavy (non-hydrogen) atoms. The Balaban J connectivity index is 1.44.